The lowest BCUT2D eigenvalue weighted by molar-refractivity contribution is -0.139. The van der Waals surface area contributed by atoms with Crippen molar-refractivity contribution in [1.82, 2.24) is 15.5 Å². The largest absolute Gasteiger partial charge is 0.355 e. The summed E-state index contributed by atoms with van der Waals surface area (Å²) in [4.78, 5) is 54.6. The second kappa shape index (κ2) is 22.7. The molecule has 2 unspecified atom stereocenters. The Hall–Kier alpha value is -5.04. The Morgan fingerprint density at radius 3 is 2.25 bits per heavy atom. The van der Waals surface area contributed by atoms with E-state index in [1.165, 1.54) is 0 Å². The zero-order chi connectivity index (χ0) is 37.7. The van der Waals surface area contributed by atoms with Crippen LogP contribution in [0.15, 0.2) is 133 Å². The second-order valence-electron chi connectivity index (χ2n) is 13.0. The topological polar surface area (TPSA) is 95.6 Å². The standard InChI is InChI=1S/C43H51N3O4.C2H6/c1-4-6-20-35(5-2)38(36-21-9-7-10-22-36)30-45-42(49)32(3)17-15-16-27-44-43(50)39-29-33-18-13-14-19-34(28-33)31-46(39)41(48)26-25-40(47)37-23-11-8-12-24-37;1-2/h4-14,18-24,32,38-39H,2,15-17,25-31H2,1,3H3,(H,44,50)(H,45,49);1-2H3/b6-4-,35-20+;/t32?,38?,39-;/m0./s1. The summed E-state index contributed by atoms with van der Waals surface area (Å²) in [6, 6.07) is 18.4. The van der Waals surface area contributed by atoms with Crippen LogP contribution >= 0.6 is 0 Å². The number of fused-ring (bicyclic) bond motifs is 2. The molecule has 52 heavy (non-hydrogen) atoms. The van der Waals surface area contributed by atoms with E-state index in [2.05, 4.69) is 29.3 Å². The molecule has 7 heteroatoms. The van der Waals surface area contributed by atoms with Crippen LogP contribution in [0, 0.1) is 5.92 Å². The maximum Gasteiger partial charge on any atom is 0.243 e. The minimum absolute atomic E-state index is 0.00133. The third kappa shape index (κ3) is 12.9. The number of Topliss-reactive ketones (excluding diaryl/α,β-unsaturated/α-hetero) is 1. The number of ketones is 1. The zero-order valence-electron chi connectivity index (χ0n) is 31.5. The van der Waals surface area contributed by atoms with Crippen molar-refractivity contribution in [3.8, 4) is 0 Å². The van der Waals surface area contributed by atoms with Crippen LogP contribution in [0.5, 0.6) is 0 Å². The van der Waals surface area contributed by atoms with Crippen LogP contribution < -0.4 is 10.6 Å². The first-order chi connectivity index (χ1) is 25.3. The average Bonchev–Trinajstić information content (AvgIpc) is 3.53. The van der Waals surface area contributed by atoms with Gasteiger partial charge in [0.05, 0.1) is 0 Å². The minimum atomic E-state index is -0.650. The summed E-state index contributed by atoms with van der Waals surface area (Å²) in [6.07, 6.45) is 19.3. The quantitative estimate of drug-likeness (QED) is 0.0980. The number of nitrogens with zero attached hydrogens (tertiary/aromatic N) is 1. The van der Waals surface area contributed by atoms with Gasteiger partial charge in [-0.3, -0.25) is 19.2 Å². The van der Waals surface area contributed by atoms with Gasteiger partial charge in [-0.15, -0.1) is 0 Å². The van der Waals surface area contributed by atoms with Crippen LogP contribution in [0.1, 0.15) is 94.5 Å². The third-order valence-corrected chi connectivity index (χ3v) is 9.33. The Morgan fingerprint density at radius 2 is 1.58 bits per heavy atom. The van der Waals surface area contributed by atoms with Gasteiger partial charge >= 0.3 is 0 Å². The molecule has 0 radical (unpaired) electrons. The maximum absolute atomic E-state index is 13.6. The molecule has 7 nitrogen and oxygen atoms in total. The predicted molar refractivity (Wildman–Crippen MR) is 213 cm³/mol. The molecule has 1 aliphatic heterocycles. The van der Waals surface area contributed by atoms with E-state index in [1.54, 1.807) is 17.0 Å². The molecule has 3 amide bonds. The summed E-state index contributed by atoms with van der Waals surface area (Å²) in [5, 5.41) is 6.21. The number of rotatable bonds is 17. The van der Waals surface area contributed by atoms with Crippen molar-refractivity contribution < 1.29 is 19.2 Å². The molecule has 276 valence electrons. The van der Waals surface area contributed by atoms with Gasteiger partial charge in [-0.2, -0.15) is 0 Å². The molecular formula is C45H57N3O4. The van der Waals surface area contributed by atoms with Crippen molar-refractivity contribution in [3.63, 3.8) is 0 Å². The zero-order valence-corrected chi connectivity index (χ0v) is 31.5. The summed E-state index contributed by atoms with van der Waals surface area (Å²) < 4.78 is 0. The number of amides is 3. The van der Waals surface area contributed by atoms with Crippen molar-refractivity contribution in [1.29, 1.82) is 0 Å². The Balaban J connectivity index is 0.00000358. The van der Waals surface area contributed by atoms with Gasteiger partial charge in [0.1, 0.15) is 6.04 Å². The molecule has 1 aliphatic carbocycles. The number of carbonyl (C=O) groups is 4. The van der Waals surface area contributed by atoms with Gasteiger partial charge in [0, 0.05) is 49.9 Å². The third-order valence-electron chi connectivity index (χ3n) is 9.33. The summed E-state index contributed by atoms with van der Waals surface area (Å²) in [5.41, 5.74) is 4.91. The lowest BCUT2D eigenvalue weighted by Gasteiger charge is -2.30. The molecule has 2 N–H and O–H groups in total. The number of benzene rings is 2. The molecule has 1 fully saturated rings. The smallest absolute Gasteiger partial charge is 0.243 e. The Bertz CT molecular complexity index is 1630. The molecule has 0 aromatic heterocycles. The van der Waals surface area contributed by atoms with Gasteiger partial charge in [-0.25, -0.2) is 0 Å². The number of nitrogens with one attached hydrogen (secondary N) is 2. The average molecular weight is 704 g/mol. The van der Waals surface area contributed by atoms with Gasteiger partial charge in [-0.1, -0.05) is 149 Å². The van der Waals surface area contributed by atoms with Crippen LogP contribution in [0.4, 0.5) is 0 Å². The van der Waals surface area contributed by atoms with Crippen molar-refractivity contribution >= 4 is 23.5 Å². The lowest BCUT2D eigenvalue weighted by atomic mass is 9.90. The fourth-order valence-electron chi connectivity index (χ4n) is 6.42. The minimum Gasteiger partial charge on any atom is -0.355 e. The molecular weight excluding hydrogens is 647 g/mol. The summed E-state index contributed by atoms with van der Waals surface area (Å²) >= 11 is 0. The summed E-state index contributed by atoms with van der Waals surface area (Å²) in [7, 11) is 0. The predicted octanol–water partition coefficient (Wildman–Crippen LogP) is 8.60. The van der Waals surface area contributed by atoms with E-state index >= 15 is 0 Å². The van der Waals surface area contributed by atoms with E-state index in [1.807, 2.05) is 113 Å². The Morgan fingerprint density at radius 1 is 0.904 bits per heavy atom. The molecule has 2 bridgehead atoms. The first-order valence-corrected chi connectivity index (χ1v) is 18.8. The number of hydrogen-bond donors (Lipinski definition) is 2. The molecule has 0 saturated carbocycles. The van der Waals surface area contributed by atoms with Crippen LogP contribution in [-0.4, -0.2) is 54.1 Å². The van der Waals surface area contributed by atoms with Crippen LogP contribution in [0.3, 0.4) is 0 Å². The molecule has 1 saturated heterocycles. The molecule has 0 spiro atoms. The highest BCUT2D eigenvalue weighted by Gasteiger charge is 2.34. The van der Waals surface area contributed by atoms with E-state index in [0.717, 1.165) is 35.1 Å². The molecule has 2 aromatic rings. The summed E-state index contributed by atoms with van der Waals surface area (Å²) in [6.45, 7) is 13.2. The van der Waals surface area contributed by atoms with Gasteiger partial charge < -0.3 is 15.5 Å². The highest BCUT2D eigenvalue weighted by Crippen LogP contribution is 2.29. The molecule has 2 aromatic carbocycles. The summed E-state index contributed by atoms with van der Waals surface area (Å²) in [5.74, 6) is -0.663. The Labute approximate surface area is 311 Å². The molecule has 2 aliphatic rings. The number of unbranched alkanes of at least 4 members (excludes halogenated alkanes) is 1. The van der Waals surface area contributed by atoms with Gasteiger partial charge in [0.25, 0.3) is 0 Å². The molecule has 4 rings (SSSR count). The SMILES string of the molecule is C=C/C(=C\C=C/C)C(CNC(=O)C(C)CCCCNC(=O)[C@@H]1CC2=CC=CC=C(C2)CN1C(=O)CCC(=O)c1ccccc1)c1ccccc1.CC. The maximum atomic E-state index is 13.6. The number of likely N-dealkylation sites (tertiary alicyclic amines) is 1. The fraction of sp³-hybridized carbons (Fsp3) is 0.378. The normalized spacial score (nSPS) is 16.6. The van der Waals surface area contributed by atoms with Crippen molar-refractivity contribution in [2.75, 3.05) is 19.6 Å². The lowest BCUT2D eigenvalue weighted by Crippen LogP contribution is -2.49. The first-order valence-electron chi connectivity index (χ1n) is 18.8. The number of hydrogen-bond acceptors (Lipinski definition) is 4. The fourth-order valence-corrected chi connectivity index (χ4v) is 6.42. The molecule has 1 heterocycles. The number of carbonyl (C=O) groups excluding carboxylic acids is 4. The van der Waals surface area contributed by atoms with E-state index in [0.29, 0.717) is 44.5 Å². The first kappa shape index (κ1) is 41.4. The highest BCUT2D eigenvalue weighted by atomic mass is 16.2. The number of allylic oxidation sites excluding steroid dienone is 8. The van der Waals surface area contributed by atoms with Gasteiger partial charge in [-0.05, 0) is 49.3 Å². The van der Waals surface area contributed by atoms with Crippen molar-refractivity contribution in [3.05, 3.63) is 144 Å². The highest BCUT2D eigenvalue weighted by molar-refractivity contribution is 5.98. The van der Waals surface area contributed by atoms with Crippen molar-refractivity contribution in [2.24, 2.45) is 5.92 Å². The van der Waals surface area contributed by atoms with Gasteiger partial charge in [0.15, 0.2) is 5.78 Å². The van der Waals surface area contributed by atoms with E-state index in [-0.39, 0.29) is 48.2 Å². The van der Waals surface area contributed by atoms with E-state index in [9.17, 15) is 19.2 Å². The Kier molecular flexibility index (Phi) is 18.1. The monoisotopic (exact) mass is 703 g/mol. The van der Waals surface area contributed by atoms with E-state index in [4.69, 9.17) is 0 Å². The second-order valence-corrected chi connectivity index (χ2v) is 13.0. The van der Waals surface area contributed by atoms with Crippen LogP contribution in [-0.2, 0) is 14.4 Å². The van der Waals surface area contributed by atoms with E-state index < -0.39 is 6.04 Å². The van der Waals surface area contributed by atoms with Gasteiger partial charge in [0.2, 0.25) is 17.7 Å². The van der Waals surface area contributed by atoms with Crippen LogP contribution in [0.25, 0.3) is 0 Å². The van der Waals surface area contributed by atoms with Crippen molar-refractivity contribution in [2.45, 2.75) is 84.6 Å². The molecule has 3 atom stereocenters. The van der Waals surface area contributed by atoms with Crippen LogP contribution in [0.2, 0.25) is 0 Å².